The monoisotopic (exact) mass is 233 g/mol. The smallest absolute Gasteiger partial charge is 0.101 e. The molecule has 16 heavy (non-hydrogen) atoms. The normalized spacial score (nSPS) is 20.5. The maximum Gasteiger partial charge on any atom is 0.101 e. The van der Waals surface area contributed by atoms with Crippen molar-refractivity contribution in [2.45, 2.75) is 13.0 Å². The van der Waals surface area contributed by atoms with Gasteiger partial charge in [-0.05, 0) is 25.1 Å². The first-order chi connectivity index (χ1) is 7.72. The molecule has 1 fully saturated rings. The average molecular weight is 233 g/mol. The van der Waals surface area contributed by atoms with Crippen LogP contribution in [0.25, 0.3) is 0 Å². The van der Waals surface area contributed by atoms with E-state index in [9.17, 15) is 0 Å². The highest BCUT2D eigenvalue weighted by molar-refractivity contribution is 7.99. The lowest BCUT2D eigenvalue weighted by molar-refractivity contribution is 0.700. The average Bonchev–Trinajstić information content (AvgIpc) is 2.31. The highest BCUT2D eigenvalue weighted by atomic mass is 32.2. The number of nitrogens with zero attached hydrogens (tertiary/aromatic N) is 2. The zero-order valence-corrected chi connectivity index (χ0v) is 10.1. The summed E-state index contributed by atoms with van der Waals surface area (Å²) >= 11 is 1.98. The third-order valence-corrected chi connectivity index (χ3v) is 4.05. The van der Waals surface area contributed by atoms with Gasteiger partial charge in [-0.2, -0.15) is 17.0 Å². The number of nitriles is 1. The van der Waals surface area contributed by atoms with Gasteiger partial charge in [0.05, 0.1) is 5.56 Å². The lowest BCUT2D eigenvalue weighted by atomic mass is 10.1. The van der Waals surface area contributed by atoms with Gasteiger partial charge >= 0.3 is 0 Å². The van der Waals surface area contributed by atoms with Crippen LogP contribution < -0.4 is 10.6 Å². The van der Waals surface area contributed by atoms with Crippen LogP contribution in [0.4, 0.5) is 11.4 Å². The molecule has 1 aromatic carbocycles. The van der Waals surface area contributed by atoms with E-state index in [0.29, 0.717) is 17.3 Å². The van der Waals surface area contributed by atoms with Gasteiger partial charge in [-0.1, -0.05) is 0 Å². The van der Waals surface area contributed by atoms with Crippen molar-refractivity contribution in [3.8, 4) is 6.07 Å². The molecule has 84 valence electrons. The number of hydrogen-bond acceptors (Lipinski definition) is 4. The molecule has 0 spiro atoms. The zero-order valence-electron chi connectivity index (χ0n) is 9.31. The fourth-order valence-corrected chi connectivity index (χ4v) is 2.94. The van der Waals surface area contributed by atoms with Gasteiger partial charge in [-0.15, -0.1) is 0 Å². The Morgan fingerprint density at radius 1 is 1.56 bits per heavy atom. The minimum absolute atomic E-state index is 0.522. The molecule has 0 amide bonds. The Hall–Kier alpha value is -1.34. The molecule has 0 radical (unpaired) electrons. The van der Waals surface area contributed by atoms with Crippen LogP contribution >= 0.6 is 11.8 Å². The second-order valence-corrected chi connectivity index (χ2v) is 5.15. The maximum absolute atomic E-state index is 8.95. The van der Waals surface area contributed by atoms with Crippen LogP contribution in [0.15, 0.2) is 18.2 Å². The van der Waals surface area contributed by atoms with E-state index in [1.807, 2.05) is 30.0 Å². The fraction of sp³-hybridized carbons (Fsp3) is 0.417. The molecule has 0 aliphatic carbocycles. The number of anilines is 2. The Morgan fingerprint density at radius 2 is 2.38 bits per heavy atom. The number of rotatable bonds is 1. The minimum Gasteiger partial charge on any atom is -0.398 e. The maximum atomic E-state index is 8.95. The van der Waals surface area contributed by atoms with Gasteiger partial charge in [0.2, 0.25) is 0 Å². The Bertz CT molecular complexity index is 425. The standard InChI is InChI=1S/C12H15N3S/c1-9-8-16-5-4-15(9)11-2-3-12(14)10(6-11)7-13/h2-3,6,9H,4-5,8,14H2,1H3. The number of nitrogens with two attached hydrogens (primary N) is 1. The van der Waals surface area contributed by atoms with E-state index in [1.165, 1.54) is 0 Å². The van der Waals surface area contributed by atoms with Crippen molar-refractivity contribution in [1.29, 1.82) is 5.26 Å². The van der Waals surface area contributed by atoms with Gasteiger partial charge in [-0.3, -0.25) is 0 Å². The highest BCUT2D eigenvalue weighted by Crippen LogP contribution is 2.26. The van der Waals surface area contributed by atoms with Crippen molar-refractivity contribution in [1.82, 2.24) is 0 Å². The molecule has 1 atom stereocenters. The molecular formula is C12H15N3S. The van der Waals surface area contributed by atoms with Crippen LogP contribution in [0.2, 0.25) is 0 Å². The van der Waals surface area contributed by atoms with E-state index >= 15 is 0 Å². The summed E-state index contributed by atoms with van der Waals surface area (Å²) in [5.41, 5.74) is 7.96. The van der Waals surface area contributed by atoms with Gasteiger partial charge in [0.25, 0.3) is 0 Å². The molecular weight excluding hydrogens is 218 g/mol. The van der Waals surface area contributed by atoms with Crippen LogP contribution in [0, 0.1) is 11.3 Å². The SMILES string of the molecule is CC1CSCCN1c1ccc(N)c(C#N)c1. The second-order valence-electron chi connectivity index (χ2n) is 4.00. The predicted octanol–water partition coefficient (Wildman–Crippen LogP) is 2.08. The molecule has 1 aliphatic rings. The summed E-state index contributed by atoms with van der Waals surface area (Å²) in [5.74, 6) is 2.29. The summed E-state index contributed by atoms with van der Waals surface area (Å²) in [6.45, 7) is 3.26. The quantitative estimate of drug-likeness (QED) is 0.755. The zero-order chi connectivity index (χ0) is 11.5. The van der Waals surface area contributed by atoms with E-state index in [4.69, 9.17) is 11.0 Å². The number of nitrogen functional groups attached to an aromatic ring is 1. The van der Waals surface area contributed by atoms with Crippen LogP contribution in [0.5, 0.6) is 0 Å². The first kappa shape index (κ1) is 11.2. The molecule has 0 bridgehead atoms. The van der Waals surface area contributed by atoms with Crippen LogP contribution in [0.1, 0.15) is 12.5 Å². The summed E-state index contributed by atoms with van der Waals surface area (Å²) in [7, 11) is 0. The molecule has 2 rings (SSSR count). The largest absolute Gasteiger partial charge is 0.398 e. The van der Waals surface area contributed by atoms with E-state index in [-0.39, 0.29) is 0 Å². The van der Waals surface area contributed by atoms with Gasteiger partial charge in [0, 0.05) is 35.5 Å². The third kappa shape index (κ3) is 2.10. The molecule has 1 aromatic rings. The number of benzene rings is 1. The number of hydrogen-bond donors (Lipinski definition) is 1. The van der Waals surface area contributed by atoms with Gasteiger partial charge in [-0.25, -0.2) is 0 Å². The van der Waals surface area contributed by atoms with Crippen LogP contribution in [-0.4, -0.2) is 24.1 Å². The molecule has 3 nitrogen and oxygen atoms in total. The van der Waals surface area contributed by atoms with E-state index in [1.54, 1.807) is 0 Å². The van der Waals surface area contributed by atoms with Crippen molar-refractivity contribution < 1.29 is 0 Å². The first-order valence-electron chi connectivity index (χ1n) is 5.36. The van der Waals surface area contributed by atoms with E-state index < -0.39 is 0 Å². The lowest BCUT2D eigenvalue weighted by Crippen LogP contribution is -2.40. The van der Waals surface area contributed by atoms with Gasteiger partial charge in [0.15, 0.2) is 0 Å². The fourth-order valence-electron chi connectivity index (χ4n) is 1.93. The summed E-state index contributed by atoms with van der Waals surface area (Å²) in [6.07, 6.45) is 0. The van der Waals surface area contributed by atoms with Gasteiger partial charge < -0.3 is 10.6 Å². The Morgan fingerprint density at radius 3 is 3.06 bits per heavy atom. The minimum atomic E-state index is 0.522. The molecule has 0 saturated carbocycles. The molecule has 1 unspecified atom stereocenters. The first-order valence-corrected chi connectivity index (χ1v) is 6.52. The highest BCUT2D eigenvalue weighted by Gasteiger charge is 2.19. The Balaban J connectivity index is 2.29. The molecule has 1 saturated heterocycles. The second kappa shape index (κ2) is 4.67. The van der Waals surface area contributed by atoms with Crippen molar-refractivity contribution >= 4 is 23.1 Å². The summed E-state index contributed by atoms with van der Waals surface area (Å²) in [4.78, 5) is 2.34. The summed E-state index contributed by atoms with van der Waals surface area (Å²) in [6, 6.07) is 8.37. The summed E-state index contributed by atoms with van der Waals surface area (Å²) in [5, 5.41) is 8.95. The Kier molecular flexibility index (Phi) is 3.25. The van der Waals surface area contributed by atoms with E-state index in [2.05, 4.69) is 17.9 Å². The van der Waals surface area contributed by atoms with Crippen molar-refractivity contribution in [2.75, 3.05) is 28.7 Å². The molecule has 4 heteroatoms. The molecule has 1 aliphatic heterocycles. The summed E-state index contributed by atoms with van der Waals surface area (Å²) < 4.78 is 0. The molecule has 0 aromatic heterocycles. The topological polar surface area (TPSA) is 53.0 Å². The Labute approximate surface area is 100 Å². The lowest BCUT2D eigenvalue weighted by Gasteiger charge is -2.35. The van der Waals surface area contributed by atoms with Crippen molar-refractivity contribution in [2.24, 2.45) is 0 Å². The predicted molar refractivity (Wildman–Crippen MR) is 69.7 cm³/mol. The molecule has 1 heterocycles. The van der Waals surface area contributed by atoms with Crippen LogP contribution in [0.3, 0.4) is 0 Å². The third-order valence-electron chi connectivity index (χ3n) is 2.86. The van der Waals surface area contributed by atoms with Crippen molar-refractivity contribution in [3.63, 3.8) is 0 Å². The number of thioether (sulfide) groups is 1. The van der Waals surface area contributed by atoms with E-state index in [0.717, 1.165) is 23.7 Å². The van der Waals surface area contributed by atoms with Crippen molar-refractivity contribution in [3.05, 3.63) is 23.8 Å². The van der Waals surface area contributed by atoms with Crippen LogP contribution in [-0.2, 0) is 0 Å². The molecule has 2 N–H and O–H groups in total. The van der Waals surface area contributed by atoms with Gasteiger partial charge in [0.1, 0.15) is 6.07 Å².